The molecular formula is C31H30N2O6. The number of hydrogen-bond acceptors (Lipinski definition) is 7. The number of hydrogen-bond donors (Lipinski definition) is 1. The molecule has 1 N–H and O–H groups in total. The van der Waals surface area contributed by atoms with E-state index in [9.17, 15) is 9.59 Å². The maximum atomic E-state index is 12.6. The fourth-order valence-corrected chi connectivity index (χ4v) is 3.73. The minimum absolute atomic E-state index is 0.273. The van der Waals surface area contributed by atoms with E-state index in [0.29, 0.717) is 41.6 Å². The summed E-state index contributed by atoms with van der Waals surface area (Å²) in [4.78, 5) is 25.1. The maximum Gasteiger partial charge on any atom is 0.343 e. The van der Waals surface area contributed by atoms with Crippen molar-refractivity contribution in [3.63, 3.8) is 0 Å². The van der Waals surface area contributed by atoms with Gasteiger partial charge in [-0.25, -0.2) is 10.2 Å². The van der Waals surface area contributed by atoms with E-state index in [4.69, 9.17) is 18.9 Å². The summed E-state index contributed by atoms with van der Waals surface area (Å²) in [5.41, 5.74) is 3.52. The van der Waals surface area contributed by atoms with Gasteiger partial charge < -0.3 is 18.9 Å². The average Bonchev–Trinajstić information content (AvgIpc) is 2.95. The van der Waals surface area contributed by atoms with Crippen molar-refractivity contribution in [3.8, 4) is 23.0 Å². The van der Waals surface area contributed by atoms with Gasteiger partial charge >= 0.3 is 5.97 Å². The molecule has 4 rings (SSSR count). The van der Waals surface area contributed by atoms with Gasteiger partial charge in [0.2, 0.25) is 0 Å². The summed E-state index contributed by atoms with van der Waals surface area (Å²) in [5, 5.41) is 6.16. The van der Waals surface area contributed by atoms with Gasteiger partial charge in [-0.3, -0.25) is 4.79 Å². The number of esters is 1. The fraction of sp³-hybridized carbons (Fsp3) is 0.194. The summed E-state index contributed by atoms with van der Waals surface area (Å²) >= 11 is 0. The molecule has 0 saturated heterocycles. The van der Waals surface area contributed by atoms with Gasteiger partial charge in [-0.2, -0.15) is 5.10 Å². The molecule has 0 radical (unpaired) electrons. The monoisotopic (exact) mass is 526 g/mol. The van der Waals surface area contributed by atoms with Crippen molar-refractivity contribution in [2.45, 2.75) is 26.9 Å². The summed E-state index contributed by atoms with van der Waals surface area (Å²) in [6.07, 6.45) is 0.716. The Balaban J connectivity index is 1.36. The van der Waals surface area contributed by atoms with Gasteiger partial charge in [0.1, 0.15) is 11.5 Å². The topological polar surface area (TPSA) is 95.5 Å². The molecule has 0 aromatic heterocycles. The van der Waals surface area contributed by atoms with E-state index >= 15 is 0 Å². The summed E-state index contributed by atoms with van der Waals surface area (Å²) in [7, 11) is 0. The second-order valence-corrected chi connectivity index (χ2v) is 8.49. The Bertz CT molecular complexity index is 1470. The highest BCUT2D eigenvalue weighted by Crippen LogP contribution is 2.29. The number of hydrazone groups is 1. The third kappa shape index (κ3) is 7.35. The lowest BCUT2D eigenvalue weighted by Gasteiger charge is -2.13. The van der Waals surface area contributed by atoms with E-state index in [1.54, 1.807) is 49.4 Å². The van der Waals surface area contributed by atoms with Crippen LogP contribution >= 0.6 is 0 Å². The number of carbonyl (C=O) groups is 2. The highest BCUT2D eigenvalue weighted by Gasteiger charge is 2.15. The Kier molecular flexibility index (Phi) is 9.13. The molecule has 0 saturated carbocycles. The molecule has 1 amide bonds. The van der Waals surface area contributed by atoms with Crippen LogP contribution in [0.5, 0.6) is 23.0 Å². The third-order valence-electron chi connectivity index (χ3n) is 5.66. The number of nitrogens with zero attached hydrogens (tertiary/aromatic N) is 1. The minimum Gasteiger partial charge on any atom is -0.494 e. The molecule has 0 aliphatic heterocycles. The number of nitrogens with one attached hydrogen (secondary N) is 1. The van der Waals surface area contributed by atoms with Crippen molar-refractivity contribution < 1.29 is 28.5 Å². The zero-order chi connectivity index (χ0) is 27.6. The van der Waals surface area contributed by atoms with Gasteiger partial charge in [0, 0.05) is 0 Å². The third-order valence-corrected chi connectivity index (χ3v) is 5.66. The SMILES string of the molecule is CCOc1ccc(C(=O)Oc2ccc(/C=N\NC(=O)[C@@H](C)Oc3ccc4ccccc4c3)cc2OCC)cc1. The highest BCUT2D eigenvalue weighted by molar-refractivity contribution is 5.92. The number of benzene rings is 4. The standard InChI is InChI=1S/C31H30N2O6/c1-4-36-26-14-12-24(13-15-26)31(35)39-28-17-10-22(18-29(28)37-5-2)20-32-33-30(34)21(3)38-27-16-11-23-8-6-7-9-25(23)19-27/h6-21H,4-5H2,1-3H3,(H,33,34)/b32-20-/t21-/m1/s1. The number of carbonyl (C=O) groups excluding carboxylic acids is 2. The number of ether oxygens (including phenoxy) is 4. The molecule has 4 aromatic rings. The van der Waals surface area contributed by atoms with Crippen molar-refractivity contribution in [2.24, 2.45) is 5.10 Å². The quantitative estimate of drug-likeness (QED) is 0.115. The number of fused-ring (bicyclic) bond motifs is 1. The minimum atomic E-state index is -0.758. The summed E-state index contributed by atoms with van der Waals surface area (Å²) < 4.78 is 22.4. The molecule has 0 heterocycles. The van der Waals surface area contributed by atoms with Gasteiger partial charge in [0.15, 0.2) is 17.6 Å². The van der Waals surface area contributed by atoms with Crippen LogP contribution in [0, 0.1) is 0 Å². The Morgan fingerprint density at radius 2 is 1.54 bits per heavy atom. The summed E-state index contributed by atoms with van der Waals surface area (Å²) in [5.74, 6) is 0.999. The van der Waals surface area contributed by atoms with Crippen LogP contribution in [0.25, 0.3) is 10.8 Å². The average molecular weight is 527 g/mol. The van der Waals surface area contributed by atoms with Crippen LogP contribution in [0.4, 0.5) is 0 Å². The van der Waals surface area contributed by atoms with E-state index in [0.717, 1.165) is 10.8 Å². The molecule has 0 aliphatic rings. The molecule has 8 heteroatoms. The first-order valence-electron chi connectivity index (χ1n) is 12.7. The van der Waals surface area contributed by atoms with Gasteiger partial charge in [-0.05, 0) is 91.7 Å². The summed E-state index contributed by atoms with van der Waals surface area (Å²) in [6, 6.07) is 25.3. The Hall–Kier alpha value is -4.85. The van der Waals surface area contributed by atoms with E-state index in [1.165, 1.54) is 6.21 Å². The molecule has 4 aromatic carbocycles. The van der Waals surface area contributed by atoms with Crippen LogP contribution in [0.15, 0.2) is 90.0 Å². The zero-order valence-electron chi connectivity index (χ0n) is 22.0. The molecule has 200 valence electrons. The number of rotatable bonds is 11. The first kappa shape index (κ1) is 27.2. The van der Waals surface area contributed by atoms with Crippen LogP contribution in [0.3, 0.4) is 0 Å². The second kappa shape index (κ2) is 13.1. The molecular weight excluding hydrogens is 496 g/mol. The van der Waals surface area contributed by atoms with Gasteiger partial charge in [-0.15, -0.1) is 0 Å². The normalized spacial score (nSPS) is 11.7. The van der Waals surface area contributed by atoms with Crippen molar-refractivity contribution in [1.29, 1.82) is 0 Å². The molecule has 39 heavy (non-hydrogen) atoms. The Morgan fingerprint density at radius 1 is 0.821 bits per heavy atom. The second-order valence-electron chi connectivity index (χ2n) is 8.49. The largest absolute Gasteiger partial charge is 0.494 e. The van der Waals surface area contributed by atoms with E-state index in [2.05, 4.69) is 10.5 Å². The van der Waals surface area contributed by atoms with Gasteiger partial charge in [0.05, 0.1) is 25.0 Å². The molecule has 0 unspecified atom stereocenters. The van der Waals surface area contributed by atoms with Crippen molar-refractivity contribution in [2.75, 3.05) is 13.2 Å². The molecule has 1 atom stereocenters. The van der Waals surface area contributed by atoms with Crippen LogP contribution in [-0.4, -0.2) is 37.4 Å². The Morgan fingerprint density at radius 3 is 2.28 bits per heavy atom. The number of amides is 1. The molecule has 0 fully saturated rings. The van der Waals surface area contributed by atoms with Gasteiger partial charge in [0.25, 0.3) is 5.91 Å². The summed E-state index contributed by atoms with van der Waals surface area (Å²) in [6.45, 7) is 6.28. The van der Waals surface area contributed by atoms with Crippen molar-refractivity contribution in [1.82, 2.24) is 5.43 Å². The molecule has 0 aliphatic carbocycles. The lowest BCUT2D eigenvalue weighted by atomic mass is 10.1. The van der Waals surface area contributed by atoms with E-state index in [1.807, 2.05) is 56.3 Å². The predicted octanol–water partition coefficient (Wildman–Crippen LogP) is 5.77. The smallest absolute Gasteiger partial charge is 0.343 e. The van der Waals surface area contributed by atoms with E-state index < -0.39 is 18.0 Å². The van der Waals surface area contributed by atoms with Crippen molar-refractivity contribution >= 4 is 28.9 Å². The van der Waals surface area contributed by atoms with E-state index in [-0.39, 0.29) is 5.75 Å². The van der Waals surface area contributed by atoms with Gasteiger partial charge in [-0.1, -0.05) is 30.3 Å². The molecule has 8 nitrogen and oxygen atoms in total. The fourth-order valence-electron chi connectivity index (χ4n) is 3.73. The predicted molar refractivity (Wildman–Crippen MR) is 150 cm³/mol. The van der Waals surface area contributed by atoms with Crippen LogP contribution in [0.1, 0.15) is 36.7 Å². The lowest BCUT2D eigenvalue weighted by molar-refractivity contribution is -0.127. The zero-order valence-corrected chi connectivity index (χ0v) is 22.0. The van der Waals surface area contributed by atoms with Crippen LogP contribution < -0.4 is 24.4 Å². The maximum absolute atomic E-state index is 12.6. The Labute approximate surface area is 227 Å². The van der Waals surface area contributed by atoms with Crippen molar-refractivity contribution in [3.05, 3.63) is 96.1 Å². The van der Waals surface area contributed by atoms with Crippen LogP contribution in [-0.2, 0) is 4.79 Å². The molecule has 0 spiro atoms. The molecule has 0 bridgehead atoms. The highest BCUT2D eigenvalue weighted by atomic mass is 16.6. The first-order valence-corrected chi connectivity index (χ1v) is 12.7. The van der Waals surface area contributed by atoms with Crippen LogP contribution in [0.2, 0.25) is 0 Å². The lowest BCUT2D eigenvalue weighted by Crippen LogP contribution is -2.33. The first-order chi connectivity index (χ1) is 19.0.